The summed E-state index contributed by atoms with van der Waals surface area (Å²) >= 11 is 0. The van der Waals surface area contributed by atoms with E-state index in [1.54, 1.807) is 0 Å². The summed E-state index contributed by atoms with van der Waals surface area (Å²) in [5.41, 5.74) is 0. The van der Waals surface area contributed by atoms with Crippen molar-refractivity contribution < 1.29 is 4.74 Å². The van der Waals surface area contributed by atoms with Crippen LogP contribution in [0.15, 0.2) is 0 Å². The number of rotatable bonds is 8. The van der Waals surface area contributed by atoms with E-state index in [1.807, 2.05) is 0 Å². The van der Waals surface area contributed by atoms with Crippen molar-refractivity contribution in [3.8, 4) is 0 Å². The molecule has 1 atom stereocenters. The van der Waals surface area contributed by atoms with Crippen LogP contribution in [0.3, 0.4) is 0 Å². The first-order valence-corrected chi connectivity index (χ1v) is 5.51. The quantitative estimate of drug-likeness (QED) is 0.630. The fraction of sp³-hybridized carbons (Fsp3) is 1.00. The highest BCUT2D eigenvalue weighted by atomic mass is 16.5. The van der Waals surface area contributed by atoms with Crippen LogP contribution in [0.1, 0.15) is 40.5 Å². The molecular weight excluding hydrogens is 162 g/mol. The maximum atomic E-state index is 5.60. The Hall–Kier alpha value is -0.0800. The third kappa shape index (κ3) is 8.26. The summed E-state index contributed by atoms with van der Waals surface area (Å²) in [5.74, 6) is 0.643. The summed E-state index contributed by atoms with van der Waals surface area (Å²) < 4.78 is 5.60. The molecule has 0 aromatic carbocycles. The van der Waals surface area contributed by atoms with Gasteiger partial charge in [-0.2, -0.15) is 0 Å². The van der Waals surface area contributed by atoms with Crippen molar-refractivity contribution in [2.75, 3.05) is 19.8 Å². The van der Waals surface area contributed by atoms with Crippen molar-refractivity contribution in [3.05, 3.63) is 0 Å². The Morgan fingerprint density at radius 1 is 1.15 bits per heavy atom. The van der Waals surface area contributed by atoms with Gasteiger partial charge < -0.3 is 10.1 Å². The standard InChI is InChI=1S/C11H25NO/c1-5-7-11(12-6-2)9-13-8-10(3)4/h10-12H,5-9H2,1-4H3. The molecule has 0 heterocycles. The minimum atomic E-state index is 0.550. The molecular formula is C11H25NO. The van der Waals surface area contributed by atoms with Crippen molar-refractivity contribution in [1.29, 1.82) is 0 Å². The molecule has 80 valence electrons. The molecule has 0 bridgehead atoms. The van der Waals surface area contributed by atoms with Gasteiger partial charge in [0.1, 0.15) is 0 Å². The molecule has 0 aliphatic carbocycles. The Bertz CT molecular complexity index is 98.3. The highest BCUT2D eigenvalue weighted by molar-refractivity contribution is 4.64. The monoisotopic (exact) mass is 187 g/mol. The van der Waals surface area contributed by atoms with Crippen LogP contribution in [0.4, 0.5) is 0 Å². The maximum absolute atomic E-state index is 5.60. The lowest BCUT2D eigenvalue weighted by molar-refractivity contribution is 0.0883. The van der Waals surface area contributed by atoms with Gasteiger partial charge in [0.15, 0.2) is 0 Å². The first-order valence-electron chi connectivity index (χ1n) is 5.51. The number of ether oxygens (including phenoxy) is 1. The normalized spacial score (nSPS) is 13.6. The third-order valence-electron chi connectivity index (χ3n) is 1.90. The zero-order valence-corrected chi connectivity index (χ0v) is 9.60. The van der Waals surface area contributed by atoms with Crippen LogP contribution < -0.4 is 5.32 Å². The second-order valence-corrected chi connectivity index (χ2v) is 3.97. The molecule has 13 heavy (non-hydrogen) atoms. The number of hydrogen-bond acceptors (Lipinski definition) is 2. The van der Waals surface area contributed by atoms with E-state index in [0.717, 1.165) is 19.8 Å². The molecule has 1 N–H and O–H groups in total. The van der Waals surface area contributed by atoms with Crippen molar-refractivity contribution >= 4 is 0 Å². The summed E-state index contributed by atoms with van der Waals surface area (Å²) in [7, 11) is 0. The Morgan fingerprint density at radius 2 is 1.85 bits per heavy atom. The SMILES string of the molecule is CCCC(COCC(C)C)NCC. The van der Waals surface area contributed by atoms with E-state index in [4.69, 9.17) is 4.74 Å². The van der Waals surface area contributed by atoms with Crippen molar-refractivity contribution in [2.45, 2.75) is 46.6 Å². The molecule has 0 radical (unpaired) electrons. The molecule has 0 fully saturated rings. The van der Waals surface area contributed by atoms with Gasteiger partial charge in [-0.25, -0.2) is 0 Å². The molecule has 2 nitrogen and oxygen atoms in total. The molecule has 1 unspecified atom stereocenters. The average Bonchev–Trinajstić information content (AvgIpc) is 2.04. The smallest absolute Gasteiger partial charge is 0.0619 e. The van der Waals surface area contributed by atoms with Gasteiger partial charge >= 0.3 is 0 Å². The first kappa shape index (κ1) is 12.9. The Morgan fingerprint density at radius 3 is 2.31 bits per heavy atom. The second kappa shape index (κ2) is 8.52. The van der Waals surface area contributed by atoms with Crippen LogP contribution in [0.25, 0.3) is 0 Å². The lowest BCUT2D eigenvalue weighted by Gasteiger charge is -2.17. The van der Waals surface area contributed by atoms with E-state index in [2.05, 4.69) is 33.0 Å². The number of hydrogen-bond donors (Lipinski definition) is 1. The van der Waals surface area contributed by atoms with Gasteiger partial charge in [0.25, 0.3) is 0 Å². The van der Waals surface area contributed by atoms with Crippen LogP contribution in [-0.2, 0) is 4.74 Å². The van der Waals surface area contributed by atoms with Gasteiger partial charge in [-0.1, -0.05) is 34.1 Å². The molecule has 0 rings (SSSR count). The summed E-state index contributed by atoms with van der Waals surface area (Å²) in [6.07, 6.45) is 2.44. The minimum Gasteiger partial charge on any atom is -0.380 e. The van der Waals surface area contributed by atoms with Gasteiger partial charge in [-0.05, 0) is 18.9 Å². The summed E-state index contributed by atoms with van der Waals surface area (Å²) in [5, 5.41) is 3.43. The Labute approximate surface area is 83.1 Å². The van der Waals surface area contributed by atoms with Crippen LogP contribution in [0.5, 0.6) is 0 Å². The second-order valence-electron chi connectivity index (χ2n) is 3.97. The average molecular weight is 187 g/mol. The minimum absolute atomic E-state index is 0.550. The first-order chi connectivity index (χ1) is 6.20. The van der Waals surface area contributed by atoms with Gasteiger partial charge in [0.05, 0.1) is 6.61 Å². The lowest BCUT2D eigenvalue weighted by atomic mass is 10.2. The van der Waals surface area contributed by atoms with Crippen LogP contribution in [-0.4, -0.2) is 25.8 Å². The summed E-state index contributed by atoms with van der Waals surface area (Å²) in [4.78, 5) is 0. The van der Waals surface area contributed by atoms with Gasteiger partial charge in [-0.15, -0.1) is 0 Å². The molecule has 0 aliphatic rings. The van der Waals surface area contributed by atoms with E-state index in [0.29, 0.717) is 12.0 Å². The highest BCUT2D eigenvalue weighted by Gasteiger charge is 2.05. The van der Waals surface area contributed by atoms with E-state index in [-0.39, 0.29) is 0 Å². The lowest BCUT2D eigenvalue weighted by Crippen LogP contribution is -2.33. The van der Waals surface area contributed by atoms with Crippen LogP contribution in [0.2, 0.25) is 0 Å². The van der Waals surface area contributed by atoms with Crippen LogP contribution in [0, 0.1) is 5.92 Å². The highest BCUT2D eigenvalue weighted by Crippen LogP contribution is 1.99. The van der Waals surface area contributed by atoms with Crippen molar-refractivity contribution in [2.24, 2.45) is 5.92 Å². The molecule has 0 aromatic heterocycles. The molecule has 0 aliphatic heterocycles. The molecule has 0 spiro atoms. The summed E-state index contributed by atoms with van der Waals surface area (Å²) in [6.45, 7) is 11.5. The van der Waals surface area contributed by atoms with Crippen LogP contribution >= 0.6 is 0 Å². The molecule has 0 saturated carbocycles. The fourth-order valence-electron chi connectivity index (χ4n) is 1.33. The Kier molecular flexibility index (Phi) is 8.46. The number of nitrogens with one attached hydrogen (secondary N) is 1. The van der Waals surface area contributed by atoms with Gasteiger partial charge in [-0.3, -0.25) is 0 Å². The van der Waals surface area contributed by atoms with Crippen molar-refractivity contribution in [1.82, 2.24) is 5.32 Å². The molecule has 0 amide bonds. The molecule has 0 aromatic rings. The maximum Gasteiger partial charge on any atom is 0.0619 e. The van der Waals surface area contributed by atoms with E-state index in [1.165, 1.54) is 12.8 Å². The predicted molar refractivity (Wildman–Crippen MR) is 58.0 cm³/mol. The zero-order valence-electron chi connectivity index (χ0n) is 9.60. The Balaban J connectivity index is 3.44. The predicted octanol–water partition coefficient (Wildman–Crippen LogP) is 2.44. The van der Waals surface area contributed by atoms with Gasteiger partial charge in [0, 0.05) is 12.6 Å². The molecule has 2 heteroatoms. The van der Waals surface area contributed by atoms with E-state index >= 15 is 0 Å². The topological polar surface area (TPSA) is 21.3 Å². The zero-order chi connectivity index (χ0) is 10.1. The molecule has 0 saturated heterocycles. The van der Waals surface area contributed by atoms with Crippen molar-refractivity contribution in [3.63, 3.8) is 0 Å². The van der Waals surface area contributed by atoms with E-state index in [9.17, 15) is 0 Å². The van der Waals surface area contributed by atoms with E-state index < -0.39 is 0 Å². The number of likely N-dealkylation sites (N-methyl/N-ethyl adjacent to an activating group) is 1. The summed E-state index contributed by atoms with van der Waals surface area (Å²) in [6, 6.07) is 0.550. The third-order valence-corrected chi connectivity index (χ3v) is 1.90. The fourth-order valence-corrected chi connectivity index (χ4v) is 1.33. The largest absolute Gasteiger partial charge is 0.380 e. The van der Waals surface area contributed by atoms with Gasteiger partial charge in [0.2, 0.25) is 0 Å².